The highest BCUT2D eigenvalue weighted by molar-refractivity contribution is 7.99. The van der Waals surface area contributed by atoms with Gasteiger partial charge in [-0.2, -0.15) is 0 Å². The number of fused-ring (bicyclic) bond motifs is 21. The van der Waals surface area contributed by atoms with Crippen LogP contribution in [0.25, 0.3) is 44.5 Å². The van der Waals surface area contributed by atoms with Gasteiger partial charge in [-0.3, -0.25) is 0 Å². The molecule has 0 N–H and O–H groups in total. The third-order valence-corrected chi connectivity index (χ3v) is 21.4. The minimum absolute atomic E-state index is 0.500. The van der Waals surface area contributed by atoms with E-state index in [1.807, 2.05) is 23.5 Å². The summed E-state index contributed by atoms with van der Waals surface area (Å²) in [5, 5.41) is 0. The molecule has 2 heterocycles. The Balaban J connectivity index is 0.906. The molecule has 84 heavy (non-hydrogen) atoms. The van der Waals surface area contributed by atoms with E-state index in [0.717, 1.165) is 17.1 Å². The van der Waals surface area contributed by atoms with Crippen molar-refractivity contribution in [2.24, 2.45) is 0 Å². The maximum atomic E-state index is 2.62. The standard InChI is InChI=1S/C81H51NS2/c1-3-24-53(25-4-1)79(54-26-5-2-6-27-54)60-32-10-7-28-57(60)76-56(31-21-39-67(76)79)52-48-50-55(51-49-52)82(70-42-22-40-68-77(70)58-29-8-11-33-61(58)80(68)63-35-13-17-44-72(63)83-73-45-18-14-36-64(73)80)71-43-23-41-69-78(71)59-30-9-12-34-62(59)81(69)65-37-15-19-46-74(65)84-75-47-20-16-38-66(75)81/h1-51H. The molecule has 0 saturated carbocycles. The largest absolute Gasteiger partial charge is 0.309 e. The molecule has 0 radical (unpaired) electrons. The van der Waals surface area contributed by atoms with Crippen LogP contribution in [0.15, 0.2) is 329 Å². The second kappa shape index (κ2) is 18.2. The SMILES string of the molecule is c1ccc(C2(c3ccccc3)c3ccccc3-c3c(-c4ccc(N(c5cccc6c5-c5ccccc5C65c6ccccc6Sc6ccccc65)c5cccc6c5-c5ccccc5C65c6ccccc6Sc6ccccc65)cc4)cccc32)cc1. The summed E-state index contributed by atoms with van der Waals surface area (Å²) in [5.74, 6) is 0. The molecular weight excluding hydrogens is 1050 g/mol. The van der Waals surface area contributed by atoms with Crippen molar-refractivity contribution in [2.75, 3.05) is 4.90 Å². The van der Waals surface area contributed by atoms with Gasteiger partial charge in [-0.25, -0.2) is 0 Å². The summed E-state index contributed by atoms with van der Waals surface area (Å²) in [6.45, 7) is 0. The van der Waals surface area contributed by atoms with Crippen LogP contribution in [0.3, 0.4) is 0 Å². The first kappa shape index (κ1) is 47.9. The highest BCUT2D eigenvalue weighted by Gasteiger charge is 2.54. The summed E-state index contributed by atoms with van der Waals surface area (Å²) < 4.78 is 0. The quantitative estimate of drug-likeness (QED) is 0.163. The zero-order valence-corrected chi connectivity index (χ0v) is 47.3. The van der Waals surface area contributed by atoms with Gasteiger partial charge in [0.2, 0.25) is 0 Å². The molecule has 13 aromatic carbocycles. The van der Waals surface area contributed by atoms with Crippen LogP contribution in [-0.2, 0) is 16.2 Å². The molecule has 392 valence electrons. The average molecular weight is 1100 g/mol. The molecule has 0 fully saturated rings. The number of benzene rings is 13. The van der Waals surface area contributed by atoms with E-state index in [0.29, 0.717) is 0 Å². The van der Waals surface area contributed by atoms with Gasteiger partial charge in [0.05, 0.1) is 27.6 Å². The Morgan fingerprint density at radius 1 is 0.214 bits per heavy atom. The van der Waals surface area contributed by atoms with E-state index in [1.165, 1.54) is 131 Å². The van der Waals surface area contributed by atoms with Gasteiger partial charge in [-0.05, 0) is 149 Å². The molecule has 0 amide bonds. The highest BCUT2D eigenvalue weighted by Crippen LogP contribution is 2.68. The first-order chi connectivity index (χ1) is 41.7. The average Bonchev–Trinajstić information content (AvgIpc) is 1.58. The van der Waals surface area contributed by atoms with Crippen LogP contribution < -0.4 is 4.90 Å². The zero-order valence-electron chi connectivity index (χ0n) is 45.7. The van der Waals surface area contributed by atoms with E-state index in [2.05, 4.69) is 314 Å². The van der Waals surface area contributed by atoms with E-state index >= 15 is 0 Å². The second-order valence-electron chi connectivity index (χ2n) is 22.8. The normalized spacial score (nSPS) is 14.9. The first-order valence-corrected chi connectivity index (χ1v) is 30.8. The van der Waals surface area contributed by atoms with E-state index in [4.69, 9.17) is 0 Å². The van der Waals surface area contributed by atoms with Gasteiger partial charge >= 0.3 is 0 Å². The van der Waals surface area contributed by atoms with Gasteiger partial charge in [0, 0.05) is 36.4 Å². The Morgan fingerprint density at radius 3 is 0.952 bits per heavy atom. The maximum absolute atomic E-state index is 2.62. The minimum atomic E-state index is -0.545. The molecule has 1 nitrogen and oxygen atoms in total. The fourth-order valence-electron chi connectivity index (χ4n) is 16.1. The molecule has 18 rings (SSSR count). The first-order valence-electron chi connectivity index (χ1n) is 29.2. The predicted molar refractivity (Wildman–Crippen MR) is 347 cm³/mol. The molecular formula is C81H51NS2. The Bertz CT molecular complexity index is 4540. The lowest BCUT2D eigenvalue weighted by molar-refractivity contribution is 0.722. The number of nitrogens with zero attached hydrogens (tertiary/aromatic N) is 1. The highest BCUT2D eigenvalue weighted by atomic mass is 32.2. The molecule has 3 heteroatoms. The minimum Gasteiger partial charge on any atom is -0.309 e. The van der Waals surface area contributed by atoms with Crippen LogP contribution in [0.5, 0.6) is 0 Å². The number of hydrogen-bond donors (Lipinski definition) is 0. The van der Waals surface area contributed by atoms with Crippen LogP contribution in [-0.4, -0.2) is 0 Å². The molecule has 13 aromatic rings. The van der Waals surface area contributed by atoms with Crippen molar-refractivity contribution < 1.29 is 0 Å². The van der Waals surface area contributed by atoms with Crippen LogP contribution in [0.1, 0.15) is 66.8 Å². The van der Waals surface area contributed by atoms with Gasteiger partial charge < -0.3 is 4.90 Å². The van der Waals surface area contributed by atoms with Gasteiger partial charge in [0.25, 0.3) is 0 Å². The van der Waals surface area contributed by atoms with Gasteiger partial charge in [-0.15, -0.1) is 0 Å². The van der Waals surface area contributed by atoms with Gasteiger partial charge in [-0.1, -0.05) is 284 Å². The van der Waals surface area contributed by atoms with Crippen molar-refractivity contribution in [3.05, 3.63) is 376 Å². The summed E-state index contributed by atoms with van der Waals surface area (Å²) in [7, 11) is 0. The van der Waals surface area contributed by atoms with Crippen LogP contribution >= 0.6 is 23.5 Å². The zero-order chi connectivity index (χ0) is 55.1. The monoisotopic (exact) mass is 1100 g/mol. The molecule has 0 atom stereocenters. The summed E-state index contributed by atoms with van der Waals surface area (Å²) in [6.07, 6.45) is 0. The Labute approximate surface area is 498 Å². The molecule has 3 aliphatic carbocycles. The van der Waals surface area contributed by atoms with Gasteiger partial charge in [0.1, 0.15) is 0 Å². The van der Waals surface area contributed by atoms with Crippen LogP contribution in [0, 0.1) is 0 Å². The number of hydrogen-bond acceptors (Lipinski definition) is 3. The predicted octanol–water partition coefficient (Wildman–Crippen LogP) is 20.8. The third-order valence-electron chi connectivity index (χ3n) is 19.1. The maximum Gasteiger partial charge on any atom is 0.0736 e. The van der Waals surface area contributed by atoms with Gasteiger partial charge in [0.15, 0.2) is 0 Å². The summed E-state index contributed by atoms with van der Waals surface area (Å²) >= 11 is 3.79. The van der Waals surface area contributed by atoms with Crippen LogP contribution in [0.4, 0.5) is 17.1 Å². The fraction of sp³-hybridized carbons (Fsp3) is 0.0370. The molecule has 2 aliphatic heterocycles. The molecule has 2 spiro atoms. The van der Waals surface area contributed by atoms with E-state index in [9.17, 15) is 0 Å². The van der Waals surface area contributed by atoms with Crippen molar-refractivity contribution in [1.29, 1.82) is 0 Å². The topological polar surface area (TPSA) is 3.24 Å². The lowest BCUT2D eigenvalue weighted by atomic mass is 9.67. The molecule has 0 unspecified atom stereocenters. The number of anilines is 3. The fourth-order valence-corrected chi connectivity index (χ4v) is 18.5. The lowest BCUT2D eigenvalue weighted by Crippen LogP contribution is -2.32. The van der Waals surface area contributed by atoms with Crippen molar-refractivity contribution in [3.63, 3.8) is 0 Å². The molecule has 5 aliphatic rings. The molecule has 0 saturated heterocycles. The van der Waals surface area contributed by atoms with Crippen molar-refractivity contribution in [1.82, 2.24) is 0 Å². The van der Waals surface area contributed by atoms with E-state index < -0.39 is 16.2 Å². The Kier molecular flexibility index (Phi) is 10.4. The Morgan fingerprint density at radius 2 is 0.524 bits per heavy atom. The van der Waals surface area contributed by atoms with Crippen molar-refractivity contribution in [2.45, 2.75) is 35.8 Å². The summed E-state index contributed by atoms with van der Waals surface area (Å²) in [4.78, 5) is 7.81. The lowest BCUT2D eigenvalue weighted by Gasteiger charge is -2.40. The van der Waals surface area contributed by atoms with Crippen LogP contribution in [0.2, 0.25) is 0 Å². The second-order valence-corrected chi connectivity index (χ2v) is 25.0. The van der Waals surface area contributed by atoms with E-state index in [-0.39, 0.29) is 0 Å². The third kappa shape index (κ3) is 6.22. The molecule has 0 bridgehead atoms. The molecule has 0 aromatic heterocycles. The van der Waals surface area contributed by atoms with E-state index in [1.54, 1.807) is 0 Å². The summed E-state index contributed by atoms with van der Waals surface area (Å²) in [5.41, 5.74) is 27.5. The summed E-state index contributed by atoms with van der Waals surface area (Å²) in [6, 6.07) is 117. The Hall–Kier alpha value is -9.64. The smallest absolute Gasteiger partial charge is 0.0736 e. The van der Waals surface area contributed by atoms with Crippen molar-refractivity contribution in [3.8, 4) is 44.5 Å². The van der Waals surface area contributed by atoms with Crippen molar-refractivity contribution >= 4 is 40.6 Å². The number of rotatable bonds is 6.